The van der Waals surface area contributed by atoms with Crippen molar-refractivity contribution in [3.8, 4) is 0 Å². The zero-order valence-corrected chi connectivity index (χ0v) is 13.5. The molecule has 25 heavy (non-hydrogen) atoms. The first-order chi connectivity index (χ1) is 10.6. The lowest BCUT2D eigenvalue weighted by Crippen LogP contribution is -2.18. The molecule has 4 nitrogen and oxygen atoms in total. The highest BCUT2D eigenvalue weighted by molar-refractivity contribution is 5.81. The van der Waals surface area contributed by atoms with Crippen molar-refractivity contribution < 1.29 is 58.7 Å². The minimum absolute atomic E-state index is 0.167. The molecule has 0 aliphatic carbocycles. The van der Waals surface area contributed by atoms with Gasteiger partial charge < -0.3 is 4.79 Å². The van der Waals surface area contributed by atoms with Crippen LogP contribution in [0.25, 0.3) is 0 Å². The van der Waals surface area contributed by atoms with Crippen LogP contribution in [0.3, 0.4) is 0 Å². The molecule has 0 aromatic carbocycles. The van der Waals surface area contributed by atoms with Crippen LogP contribution in [0.1, 0.15) is 34.6 Å². The van der Waals surface area contributed by atoms with Crippen LogP contribution in [0, 0.1) is 0 Å². The van der Waals surface area contributed by atoms with Gasteiger partial charge in [-0.25, -0.2) is 0 Å². The molecule has 0 bridgehead atoms. The molecule has 0 unspecified atom stereocenters. The van der Waals surface area contributed by atoms with Gasteiger partial charge in [-0.2, -0.15) is 39.5 Å². The topological polar surface area (TPSA) is 68.3 Å². The van der Waals surface area contributed by atoms with Gasteiger partial charge in [0, 0.05) is 20.8 Å². The SMILES string of the molecule is CC(=O)C(F)(F)F.CC(=O)C(F)(F)F.CC(=O)C(F)(F)F.CC(C)=O. The molecule has 0 spiro atoms. The third kappa shape index (κ3) is 34.4. The van der Waals surface area contributed by atoms with E-state index in [-0.39, 0.29) is 5.78 Å². The van der Waals surface area contributed by atoms with Gasteiger partial charge in [-0.1, -0.05) is 0 Å². The van der Waals surface area contributed by atoms with E-state index >= 15 is 0 Å². The average Bonchev–Trinajstić information content (AvgIpc) is 2.25. The molecule has 0 aliphatic heterocycles. The lowest BCUT2D eigenvalue weighted by atomic mass is 10.5. The lowest BCUT2D eigenvalue weighted by Gasteiger charge is -1.95. The molecule has 13 heteroatoms. The molecule has 0 radical (unpaired) electrons. The molecular weight excluding hydrogens is 379 g/mol. The number of hydrogen-bond donors (Lipinski definition) is 0. The van der Waals surface area contributed by atoms with E-state index in [1.54, 1.807) is 0 Å². The van der Waals surface area contributed by atoms with Crippen molar-refractivity contribution in [2.45, 2.75) is 53.1 Å². The first-order valence-corrected chi connectivity index (χ1v) is 5.77. The molecule has 150 valence electrons. The summed E-state index contributed by atoms with van der Waals surface area (Å²) in [4.78, 5) is 37.5. The van der Waals surface area contributed by atoms with E-state index in [1.165, 1.54) is 13.8 Å². The van der Waals surface area contributed by atoms with E-state index < -0.39 is 35.9 Å². The first kappa shape index (κ1) is 30.9. The van der Waals surface area contributed by atoms with Gasteiger partial charge in [-0.3, -0.25) is 14.4 Å². The van der Waals surface area contributed by atoms with Crippen LogP contribution in [0.2, 0.25) is 0 Å². The number of hydrogen-bond acceptors (Lipinski definition) is 4. The second kappa shape index (κ2) is 12.4. The van der Waals surface area contributed by atoms with Gasteiger partial charge in [0.05, 0.1) is 0 Å². The van der Waals surface area contributed by atoms with Crippen LogP contribution >= 0.6 is 0 Å². The third-order valence-electron chi connectivity index (χ3n) is 1.20. The average molecular weight is 394 g/mol. The summed E-state index contributed by atoms with van der Waals surface area (Å²) in [6.45, 7) is 4.51. The predicted molar refractivity (Wildman–Crippen MR) is 66.6 cm³/mol. The maximum absolute atomic E-state index is 10.8. The highest BCUT2D eigenvalue weighted by Gasteiger charge is 2.34. The van der Waals surface area contributed by atoms with Crippen LogP contribution in [0.4, 0.5) is 39.5 Å². The Morgan fingerprint density at radius 2 is 0.480 bits per heavy atom. The van der Waals surface area contributed by atoms with E-state index in [0.717, 1.165) is 0 Å². The number of carbonyl (C=O) groups is 4. The normalized spacial score (nSPS) is 10.6. The Kier molecular flexibility index (Phi) is 15.3. The fourth-order valence-corrected chi connectivity index (χ4v) is 0. The van der Waals surface area contributed by atoms with E-state index in [1.807, 2.05) is 0 Å². The smallest absolute Gasteiger partial charge is 0.300 e. The van der Waals surface area contributed by atoms with Crippen LogP contribution in [0.15, 0.2) is 0 Å². The van der Waals surface area contributed by atoms with Crippen LogP contribution in [0.5, 0.6) is 0 Å². The van der Waals surface area contributed by atoms with Gasteiger partial charge >= 0.3 is 18.5 Å². The zero-order chi connectivity index (χ0) is 21.8. The van der Waals surface area contributed by atoms with Crippen LogP contribution in [-0.2, 0) is 19.2 Å². The summed E-state index contributed by atoms with van der Waals surface area (Å²) in [5.41, 5.74) is 0. The number of alkyl halides is 9. The summed E-state index contributed by atoms with van der Waals surface area (Å²) in [5, 5.41) is 0. The molecule has 0 fully saturated rings. The second-order valence-corrected chi connectivity index (χ2v) is 4.07. The van der Waals surface area contributed by atoms with Gasteiger partial charge in [0.1, 0.15) is 5.78 Å². The monoisotopic (exact) mass is 394 g/mol. The Labute approximate surface area is 136 Å². The minimum Gasteiger partial charge on any atom is -0.300 e. The molecule has 0 saturated heterocycles. The predicted octanol–water partition coefficient (Wildman–Crippen LogP) is 4.01. The van der Waals surface area contributed by atoms with Gasteiger partial charge in [-0.05, 0) is 13.8 Å². The van der Waals surface area contributed by atoms with Gasteiger partial charge in [0.2, 0.25) is 17.3 Å². The van der Waals surface area contributed by atoms with Gasteiger partial charge in [0.15, 0.2) is 0 Å². The zero-order valence-electron chi connectivity index (χ0n) is 13.5. The van der Waals surface area contributed by atoms with Crippen LogP contribution in [-0.4, -0.2) is 41.7 Å². The molecule has 0 rings (SSSR count). The number of ketones is 4. The summed E-state index contributed by atoms with van der Waals surface area (Å²) in [7, 11) is 0. The summed E-state index contributed by atoms with van der Waals surface area (Å²) >= 11 is 0. The molecule has 0 heterocycles. The van der Waals surface area contributed by atoms with E-state index in [4.69, 9.17) is 0 Å². The molecule has 0 aliphatic rings. The highest BCUT2D eigenvalue weighted by Crippen LogP contribution is 2.15. The lowest BCUT2D eigenvalue weighted by molar-refractivity contribution is -0.168. The largest absolute Gasteiger partial charge is 0.449 e. The van der Waals surface area contributed by atoms with E-state index in [2.05, 4.69) is 0 Å². The Hall–Kier alpha value is -1.95. The molecule has 0 N–H and O–H groups in total. The second-order valence-electron chi connectivity index (χ2n) is 4.07. The molecule has 0 amide bonds. The molecule has 0 aromatic rings. The first-order valence-electron chi connectivity index (χ1n) is 5.77. The summed E-state index contributed by atoms with van der Waals surface area (Å²) < 4.78 is 97.5. The highest BCUT2D eigenvalue weighted by atomic mass is 19.4. The minimum atomic E-state index is -4.64. The molecular formula is C12H15F9O4. The van der Waals surface area contributed by atoms with Crippen molar-refractivity contribution in [3.63, 3.8) is 0 Å². The summed E-state index contributed by atoms with van der Waals surface area (Å²) in [5.74, 6) is -5.10. The van der Waals surface area contributed by atoms with Crippen molar-refractivity contribution >= 4 is 23.1 Å². The summed E-state index contributed by atoms with van der Waals surface area (Å²) in [6, 6.07) is 0. The van der Waals surface area contributed by atoms with E-state index in [0.29, 0.717) is 20.8 Å². The number of carbonyl (C=O) groups excluding carboxylic acids is 4. The Morgan fingerprint density at radius 1 is 0.440 bits per heavy atom. The van der Waals surface area contributed by atoms with Crippen molar-refractivity contribution in [3.05, 3.63) is 0 Å². The Morgan fingerprint density at radius 3 is 0.480 bits per heavy atom. The van der Waals surface area contributed by atoms with Crippen LogP contribution < -0.4 is 0 Å². The Balaban J connectivity index is -0.000000120. The molecule has 0 atom stereocenters. The fourth-order valence-electron chi connectivity index (χ4n) is 0. The molecule has 0 saturated carbocycles. The van der Waals surface area contributed by atoms with E-state index in [9.17, 15) is 58.7 Å². The quantitative estimate of drug-likeness (QED) is 0.583. The summed E-state index contributed by atoms with van der Waals surface area (Å²) in [6.07, 6.45) is -13.9. The number of rotatable bonds is 0. The maximum Gasteiger partial charge on any atom is 0.449 e. The van der Waals surface area contributed by atoms with Crippen molar-refractivity contribution in [1.82, 2.24) is 0 Å². The van der Waals surface area contributed by atoms with Gasteiger partial charge in [-0.15, -0.1) is 0 Å². The fraction of sp³-hybridized carbons (Fsp3) is 0.667. The van der Waals surface area contributed by atoms with Gasteiger partial charge in [0.25, 0.3) is 0 Å². The van der Waals surface area contributed by atoms with Crippen molar-refractivity contribution in [2.75, 3.05) is 0 Å². The third-order valence-corrected chi connectivity index (χ3v) is 1.20. The molecule has 0 aromatic heterocycles. The number of halogens is 9. The van der Waals surface area contributed by atoms with Crippen molar-refractivity contribution in [1.29, 1.82) is 0 Å². The maximum atomic E-state index is 10.8. The number of Topliss-reactive ketones (excluding diaryl/α,β-unsaturated/α-hetero) is 4. The standard InChI is InChI=1S/3C3H3F3O.C3H6O/c3*1-2(7)3(4,5)6;1-3(2)4/h3*1H3;1-2H3. The van der Waals surface area contributed by atoms with Crippen molar-refractivity contribution in [2.24, 2.45) is 0 Å². The Bertz CT molecular complexity index is 384.